The van der Waals surface area contributed by atoms with Crippen LogP contribution in [0.3, 0.4) is 0 Å². The van der Waals surface area contributed by atoms with Crippen molar-refractivity contribution in [2.75, 3.05) is 18.7 Å². The summed E-state index contributed by atoms with van der Waals surface area (Å²) in [4.78, 5) is 12.1. The van der Waals surface area contributed by atoms with Crippen LogP contribution in [0.15, 0.2) is 30.3 Å². The zero-order valence-corrected chi connectivity index (χ0v) is 13.9. The number of ether oxygens (including phenoxy) is 3. The third-order valence-corrected chi connectivity index (χ3v) is 4.54. The molecular weight excluding hydrogens is 330 g/mol. The molecule has 0 saturated carbocycles. The normalized spacial score (nSPS) is 18.1. The number of rotatable bonds is 3. The van der Waals surface area contributed by atoms with E-state index in [1.54, 1.807) is 0 Å². The molecular formula is C18H16ClNO4. The summed E-state index contributed by atoms with van der Waals surface area (Å²) < 4.78 is 16.3. The molecule has 0 fully saturated rings. The minimum Gasteiger partial charge on any atom is -0.492 e. The lowest BCUT2D eigenvalue weighted by Crippen LogP contribution is -2.23. The van der Waals surface area contributed by atoms with Crippen molar-refractivity contribution in [1.29, 1.82) is 0 Å². The average Bonchev–Trinajstić information content (AvgIpc) is 3.01. The lowest BCUT2D eigenvalue weighted by Gasteiger charge is -2.26. The molecule has 2 aliphatic rings. The van der Waals surface area contributed by atoms with Crippen molar-refractivity contribution in [3.63, 3.8) is 0 Å². The highest BCUT2D eigenvalue weighted by atomic mass is 35.5. The SMILES string of the molecule is CCOc1ccc([C@@H]2CC(=O)Nc3cc4c(cc32)OCO4)cc1Cl. The molecule has 0 unspecified atom stereocenters. The zero-order valence-electron chi connectivity index (χ0n) is 13.1. The van der Waals surface area contributed by atoms with E-state index in [0.717, 1.165) is 16.8 Å². The van der Waals surface area contributed by atoms with Gasteiger partial charge in [-0.1, -0.05) is 17.7 Å². The molecule has 4 rings (SSSR count). The van der Waals surface area contributed by atoms with Crippen LogP contribution in [-0.4, -0.2) is 19.3 Å². The van der Waals surface area contributed by atoms with Crippen molar-refractivity contribution in [3.05, 3.63) is 46.5 Å². The Balaban J connectivity index is 1.77. The van der Waals surface area contributed by atoms with E-state index in [-0.39, 0.29) is 18.6 Å². The fourth-order valence-electron chi connectivity index (χ4n) is 3.15. The van der Waals surface area contributed by atoms with Crippen molar-refractivity contribution in [1.82, 2.24) is 0 Å². The molecule has 1 N–H and O–H groups in total. The van der Waals surface area contributed by atoms with E-state index in [2.05, 4.69) is 5.32 Å². The van der Waals surface area contributed by atoms with Gasteiger partial charge in [-0.15, -0.1) is 0 Å². The van der Waals surface area contributed by atoms with Gasteiger partial charge in [0, 0.05) is 24.1 Å². The maximum Gasteiger partial charge on any atom is 0.231 e. The number of fused-ring (bicyclic) bond motifs is 2. The van der Waals surface area contributed by atoms with Gasteiger partial charge in [0.2, 0.25) is 12.7 Å². The van der Waals surface area contributed by atoms with Crippen molar-refractivity contribution < 1.29 is 19.0 Å². The van der Waals surface area contributed by atoms with Gasteiger partial charge in [0.05, 0.1) is 11.6 Å². The Morgan fingerprint density at radius 1 is 1.25 bits per heavy atom. The van der Waals surface area contributed by atoms with E-state index in [4.69, 9.17) is 25.8 Å². The van der Waals surface area contributed by atoms with E-state index in [9.17, 15) is 4.79 Å². The average molecular weight is 346 g/mol. The van der Waals surface area contributed by atoms with Gasteiger partial charge in [-0.05, 0) is 36.2 Å². The Hall–Kier alpha value is -2.40. The Morgan fingerprint density at radius 2 is 2.04 bits per heavy atom. The van der Waals surface area contributed by atoms with Crippen LogP contribution in [0.2, 0.25) is 5.02 Å². The van der Waals surface area contributed by atoms with E-state index >= 15 is 0 Å². The van der Waals surface area contributed by atoms with E-state index < -0.39 is 0 Å². The number of carbonyl (C=O) groups excluding carboxylic acids is 1. The minimum atomic E-state index is -0.0866. The van der Waals surface area contributed by atoms with Crippen molar-refractivity contribution >= 4 is 23.2 Å². The zero-order chi connectivity index (χ0) is 16.7. The van der Waals surface area contributed by atoms with Gasteiger partial charge in [0.15, 0.2) is 11.5 Å². The van der Waals surface area contributed by atoms with E-state index in [1.165, 1.54) is 0 Å². The summed E-state index contributed by atoms with van der Waals surface area (Å²) in [5.41, 5.74) is 2.73. The van der Waals surface area contributed by atoms with Gasteiger partial charge in [-0.25, -0.2) is 0 Å². The molecule has 2 aromatic carbocycles. The third kappa shape index (κ3) is 2.55. The highest BCUT2D eigenvalue weighted by Crippen LogP contribution is 2.45. The molecule has 2 heterocycles. The summed E-state index contributed by atoms with van der Waals surface area (Å²) in [6, 6.07) is 9.42. The molecule has 0 radical (unpaired) electrons. The minimum absolute atomic E-state index is 0.0311. The van der Waals surface area contributed by atoms with Gasteiger partial charge >= 0.3 is 0 Å². The number of benzene rings is 2. The van der Waals surface area contributed by atoms with Crippen molar-refractivity contribution in [2.24, 2.45) is 0 Å². The van der Waals surface area contributed by atoms with Gasteiger partial charge in [0.1, 0.15) is 5.75 Å². The van der Waals surface area contributed by atoms with Crippen LogP contribution in [-0.2, 0) is 4.79 Å². The molecule has 2 aromatic rings. The van der Waals surface area contributed by atoms with Crippen LogP contribution >= 0.6 is 11.6 Å². The largest absolute Gasteiger partial charge is 0.492 e. The van der Waals surface area contributed by atoms with Crippen LogP contribution in [0.1, 0.15) is 30.4 Å². The lowest BCUT2D eigenvalue weighted by atomic mass is 9.84. The van der Waals surface area contributed by atoms with Crippen LogP contribution in [0, 0.1) is 0 Å². The summed E-state index contributed by atoms with van der Waals surface area (Å²) in [7, 11) is 0. The molecule has 0 spiro atoms. The quantitative estimate of drug-likeness (QED) is 0.915. The number of hydrogen-bond acceptors (Lipinski definition) is 4. The van der Waals surface area contributed by atoms with E-state index in [0.29, 0.717) is 35.3 Å². The predicted octanol–water partition coefficient (Wildman–Crippen LogP) is 3.94. The number of halogens is 1. The Morgan fingerprint density at radius 3 is 2.79 bits per heavy atom. The molecule has 0 aromatic heterocycles. The van der Waals surface area contributed by atoms with Crippen molar-refractivity contribution in [3.8, 4) is 17.2 Å². The second-order valence-electron chi connectivity index (χ2n) is 5.72. The predicted molar refractivity (Wildman–Crippen MR) is 90.3 cm³/mol. The summed E-state index contributed by atoms with van der Waals surface area (Å²) in [5, 5.41) is 3.45. The number of anilines is 1. The second-order valence-corrected chi connectivity index (χ2v) is 6.13. The molecule has 1 atom stereocenters. The van der Waals surface area contributed by atoms with Crippen molar-refractivity contribution in [2.45, 2.75) is 19.3 Å². The Labute approximate surface area is 144 Å². The van der Waals surface area contributed by atoms with Crippen LogP contribution in [0.25, 0.3) is 0 Å². The topological polar surface area (TPSA) is 56.8 Å². The number of carbonyl (C=O) groups is 1. The van der Waals surface area contributed by atoms with Gasteiger partial charge < -0.3 is 19.5 Å². The smallest absolute Gasteiger partial charge is 0.231 e. The maximum atomic E-state index is 12.1. The molecule has 2 aliphatic heterocycles. The number of nitrogens with one attached hydrogen (secondary N) is 1. The monoisotopic (exact) mass is 345 g/mol. The first-order valence-electron chi connectivity index (χ1n) is 7.81. The second kappa shape index (κ2) is 5.91. The number of hydrogen-bond donors (Lipinski definition) is 1. The van der Waals surface area contributed by atoms with Gasteiger partial charge in [-0.2, -0.15) is 0 Å². The summed E-state index contributed by atoms with van der Waals surface area (Å²) >= 11 is 6.31. The Bertz CT molecular complexity index is 821. The summed E-state index contributed by atoms with van der Waals surface area (Å²) in [6.07, 6.45) is 0.358. The standard InChI is InChI=1S/C18H16ClNO4/c1-2-22-15-4-3-10(5-13(15)19)11-7-18(21)20-14-8-17-16(6-12(11)14)23-9-24-17/h3-6,8,11H,2,7,9H2,1H3,(H,20,21)/t11-/m0/s1. The molecule has 1 amide bonds. The molecule has 0 bridgehead atoms. The Kier molecular flexibility index (Phi) is 3.73. The third-order valence-electron chi connectivity index (χ3n) is 4.24. The fraction of sp³-hybridized carbons (Fsp3) is 0.278. The molecule has 0 saturated heterocycles. The molecule has 6 heteroatoms. The van der Waals surface area contributed by atoms with Gasteiger partial charge in [0.25, 0.3) is 0 Å². The summed E-state index contributed by atoms with van der Waals surface area (Å²) in [5.74, 6) is 1.88. The van der Waals surface area contributed by atoms with Crippen LogP contribution in [0.4, 0.5) is 5.69 Å². The first kappa shape index (κ1) is 15.1. The fourth-order valence-corrected chi connectivity index (χ4v) is 3.40. The van der Waals surface area contributed by atoms with E-state index in [1.807, 2.05) is 37.3 Å². The highest BCUT2D eigenvalue weighted by Gasteiger charge is 2.30. The highest BCUT2D eigenvalue weighted by molar-refractivity contribution is 6.32. The maximum absolute atomic E-state index is 12.1. The first-order valence-corrected chi connectivity index (χ1v) is 8.19. The molecule has 124 valence electrons. The van der Waals surface area contributed by atoms with Gasteiger partial charge in [-0.3, -0.25) is 4.79 Å². The summed E-state index contributed by atoms with van der Waals surface area (Å²) in [6.45, 7) is 2.66. The number of amides is 1. The first-order chi connectivity index (χ1) is 11.7. The molecule has 24 heavy (non-hydrogen) atoms. The lowest BCUT2D eigenvalue weighted by molar-refractivity contribution is -0.116. The molecule has 0 aliphatic carbocycles. The van der Waals surface area contributed by atoms with Crippen LogP contribution in [0.5, 0.6) is 17.2 Å². The molecule has 5 nitrogen and oxygen atoms in total. The van der Waals surface area contributed by atoms with Crippen LogP contribution < -0.4 is 19.5 Å².